The fraction of sp³-hybridized carbons (Fsp3) is 1.00. The Morgan fingerprint density at radius 2 is 0.818 bits per heavy atom. The second kappa shape index (κ2) is 16.2. The van der Waals surface area contributed by atoms with Gasteiger partial charge in [0.25, 0.3) is 0 Å². The van der Waals surface area contributed by atoms with E-state index in [0.29, 0.717) is 13.1 Å². The van der Waals surface area contributed by atoms with Crippen LogP contribution in [-0.2, 0) is 13.7 Å². The predicted molar refractivity (Wildman–Crippen MR) is 84.9 cm³/mol. The summed E-state index contributed by atoms with van der Waals surface area (Å²) in [6.45, 7) is 5.70. The van der Waals surface area contributed by atoms with Crippen molar-refractivity contribution in [2.45, 2.75) is 0 Å². The van der Waals surface area contributed by atoms with Crippen LogP contribution >= 0.6 is 22.8 Å². The van der Waals surface area contributed by atoms with Crippen molar-refractivity contribution >= 4 is 22.8 Å². The molecule has 0 aliphatic rings. The average molecular weight is 391 g/mol. The number of hydrogen-bond acceptors (Lipinski definition) is 6. The van der Waals surface area contributed by atoms with Gasteiger partial charge in [-0.3, -0.25) is 13.7 Å². The Hall–Kier alpha value is 0.330. The third-order valence-electron chi connectivity index (χ3n) is 0.642. The average Bonchev–Trinajstić information content (AvgIpc) is 2.10. The quantitative estimate of drug-likeness (QED) is 0.185. The molecule has 0 heterocycles. The number of rotatable bonds is 4. The molecule has 0 bridgehead atoms. The van der Waals surface area contributed by atoms with E-state index >= 15 is 0 Å². The summed E-state index contributed by atoms with van der Waals surface area (Å²) in [5.74, 6) is 0. The van der Waals surface area contributed by atoms with E-state index < -0.39 is 22.8 Å². The molecule has 0 saturated heterocycles. The van der Waals surface area contributed by atoms with Gasteiger partial charge in [0.05, 0.1) is 0 Å². The Bertz CT molecular complexity index is 287. The van der Waals surface area contributed by atoms with Crippen molar-refractivity contribution in [1.29, 1.82) is 0 Å². The van der Waals surface area contributed by atoms with Crippen molar-refractivity contribution in [3.8, 4) is 0 Å². The highest BCUT2D eigenvalue weighted by molar-refractivity contribution is 7.51. The molecule has 0 aromatic carbocycles. The maximum atomic E-state index is 9.33. The summed E-state index contributed by atoms with van der Waals surface area (Å²) < 4.78 is 28.0. The zero-order chi connectivity index (χ0) is 19.0. The van der Waals surface area contributed by atoms with Gasteiger partial charge < -0.3 is 46.1 Å². The standard InChI is InChI=1S/C4H13N3.3CH5O3P/c5-1-3-7-4-2-6;3*1-5(2,3)4/h7H,1-6H2;3*1H3,(H2,2,3,4). The van der Waals surface area contributed by atoms with Crippen LogP contribution in [0, 0.1) is 0 Å². The normalized spacial score (nSPS) is 11.0. The first-order valence-corrected chi connectivity index (χ1v) is 11.8. The third-order valence-corrected chi connectivity index (χ3v) is 0.642. The van der Waals surface area contributed by atoms with Crippen molar-refractivity contribution in [3.63, 3.8) is 0 Å². The smallest absolute Gasteiger partial charge is 0.322 e. The highest BCUT2D eigenvalue weighted by Gasteiger charge is 1.96. The van der Waals surface area contributed by atoms with Crippen molar-refractivity contribution in [2.24, 2.45) is 11.5 Å². The molecule has 0 spiro atoms. The highest BCUT2D eigenvalue weighted by atomic mass is 31.2. The largest absolute Gasteiger partial charge is 0.329 e. The van der Waals surface area contributed by atoms with Crippen LogP contribution in [-0.4, -0.2) is 75.5 Å². The van der Waals surface area contributed by atoms with Crippen molar-refractivity contribution in [2.75, 3.05) is 46.2 Å². The molecule has 0 atom stereocenters. The van der Waals surface area contributed by atoms with Crippen molar-refractivity contribution < 1.29 is 43.1 Å². The first kappa shape index (κ1) is 30.2. The van der Waals surface area contributed by atoms with Crippen LogP contribution in [0.25, 0.3) is 0 Å². The molecule has 0 rings (SSSR count). The molecular weight excluding hydrogens is 363 g/mol. The number of nitrogens with one attached hydrogen (secondary N) is 1. The van der Waals surface area contributed by atoms with E-state index in [1.807, 2.05) is 0 Å². The number of hydrogen-bond donors (Lipinski definition) is 9. The van der Waals surface area contributed by atoms with Crippen LogP contribution in [0.15, 0.2) is 0 Å². The van der Waals surface area contributed by atoms with E-state index in [9.17, 15) is 13.7 Å². The minimum atomic E-state index is -3.64. The first-order chi connectivity index (χ1) is 9.41. The van der Waals surface area contributed by atoms with Crippen LogP contribution in [0.1, 0.15) is 0 Å². The lowest BCUT2D eigenvalue weighted by Crippen LogP contribution is -2.27. The van der Waals surface area contributed by atoms with E-state index in [0.717, 1.165) is 33.1 Å². The van der Waals surface area contributed by atoms with E-state index in [4.69, 9.17) is 40.8 Å². The molecule has 11 N–H and O–H groups in total. The molecule has 0 unspecified atom stereocenters. The van der Waals surface area contributed by atoms with Gasteiger partial charge in [0.15, 0.2) is 0 Å². The molecule has 15 heteroatoms. The molecular formula is C7H28N3O9P3. The topological polar surface area (TPSA) is 237 Å². The van der Waals surface area contributed by atoms with Crippen molar-refractivity contribution in [1.82, 2.24) is 5.32 Å². The van der Waals surface area contributed by atoms with Crippen LogP contribution in [0.4, 0.5) is 0 Å². The summed E-state index contributed by atoms with van der Waals surface area (Å²) in [6, 6.07) is 0. The molecule has 0 aliphatic heterocycles. The monoisotopic (exact) mass is 391 g/mol. The van der Waals surface area contributed by atoms with Gasteiger partial charge in [0.2, 0.25) is 0 Å². The fourth-order valence-electron chi connectivity index (χ4n) is 0.329. The SMILES string of the molecule is CP(=O)(O)O.CP(=O)(O)O.CP(=O)(O)O.NCCNCCN. The lowest BCUT2D eigenvalue weighted by atomic mass is 10.6. The molecule has 0 radical (unpaired) electrons. The second-order valence-electron chi connectivity index (χ2n) is 3.83. The van der Waals surface area contributed by atoms with Crippen LogP contribution in [0.5, 0.6) is 0 Å². The summed E-state index contributed by atoms with van der Waals surface area (Å²) in [6.07, 6.45) is 0. The van der Waals surface area contributed by atoms with Gasteiger partial charge in [0, 0.05) is 46.2 Å². The van der Waals surface area contributed by atoms with Gasteiger partial charge in [-0.15, -0.1) is 0 Å². The van der Waals surface area contributed by atoms with E-state index in [1.165, 1.54) is 0 Å². The Balaban J connectivity index is -0.0000000995. The second-order valence-corrected chi connectivity index (χ2v) is 8.85. The molecule has 0 fully saturated rings. The fourth-order valence-corrected chi connectivity index (χ4v) is 0.329. The van der Waals surface area contributed by atoms with E-state index in [2.05, 4.69) is 5.32 Å². The molecule has 0 saturated carbocycles. The minimum Gasteiger partial charge on any atom is -0.329 e. The minimum absolute atomic E-state index is 0.694. The first-order valence-electron chi connectivity index (χ1n) is 5.61. The Morgan fingerprint density at radius 3 is 0.909 bits per heavy atom. The summed E-state index contributed by atoms with van der Waals surface area (Å²) in [5, 5.41) is 3.03. The van der Waals surface area contributed by atoms with E-state index in [1.54, 1.807) is 0 Å². The summed E-state index contributed by atoms with van der Waals surface area (Å²) in [7, 11) is -10.9. The van der Waals surface area contributed by atoms with Crippen molar-refractivity contribution in [3.05, 3.63) is 0 Å². The maximum Gasteiger partial charge on any atom is 0.322 e. The number of nitrogens with two attached hydrogens (primary N) is 2. The summed E-state index contributed by atoms with van der Waals surface area (Å²) >= 11 is 0. The van der Waals surface area contributed by atoms with Gasteiger partial charge in [-0.2, -0.15) is 0 Å². The molecule has 0 aromatic heterocycles. The molecule has 0 aliphatic carbocycles. The van der Waals surface area contributed by atoms with Crippen LogP contribution in [0.2, 0.25) is 0 Å². The van der Waals surface area contributed by atoms with Gasteiger partial charge in [0.1, 0.15) is 0 Å². The zero-order valence-electron chi connectivity index (χ0n) is 12.7. The predicted octanol–water partition coefficient (Wildman–Crippen LogP) is -2.12. The summed E-state index contributed by atoms with van der Waals surface area (Å²) in [4.78, 5) is 45.8. The van der Waals surface area contributed by atoms with Gasteiger partial charge in [-0.1, -0.05) is 0 Å². The molecule has 0 aromatic rings. The molecule has 22 heavy (non-hydrogen) atoms. The van der Waals surface area contributed by atoms with Gasteiger partial charge >= 0.3 is 22.8 Å². The highest BCUT2D eigenvalue weighted by Crippen LogP contribution is 2.27. The Kier molecular flexibility index (Phi) is 22.3. The molecule has 140 valence electrons. The maximum absolute atomic E-state index is 9.33. The lowest BCUT2D eigenvalue weighted by molar-refractivity contribution is 0.379. The third kappa shape index (κ3) is 405. The molecule has 0 amide bonds. The zero-order valence-corrected chi connectivity index (χ0v) is 15.4. The van der Waals surface area contributed by atoms with E-state index in [-0.39, 0.29) is 0 Å². The van der Waals surface area contributed by atoms with Crippen LogP contribution < -0.4 is 16.8 Å². The Labute approximate surface area is 129 Å². The Morgan fingerprint density at radius 1 is 0.682 bits per heavy atom. The molecule has 12 nitrogen and oxygen atoms in total. The van der Waals surface area contributed by atoms with Gasteiger partial charge in [-0.25, -0.2) is 0 Å². The van der Waals surface area contributed by atoms with Crippen LogP contribution in [0.3, 0.4) is 0 Å². The lowest BCUT2D eigenvalue weighted by Gasteiger charge is -1.95. The van der Waals surface area contributed by atoms with Gasteiger partial charge in [-0.05, 0) is 0 Å². The summed E-state index contributed by atoms with van der Waals surface area (Å²) in [5.41, 5.74) is 10.3.